The SMILES string of the molecule is COc1ccc(CNC(=O)C(C)CN)cc1[N+](=O)[O-]. The molecule has 0 bridgehead atoms. The quantitative estimate of drug-likeness (QED) is 0.586. The summed E-state index contributed by atoms with van der Waals surface area (Å²) < 4.78 is 4.90. The number of nitrogens with two attached hydrogens (primary N) is 1. The van der Waals surface area contributed by atoms with E-state index in [-0.39, 0.29) is 36.4 Å². The van der Waals surface area contributed by atoms with Gasteiger partial charge in [-0.2, -0.15) is 0 Å². The van der Waals surface area contributed by atoms with Crippen LogP contribution >= 0.6 is 0 Å². The molecule has 0 saturated carbocycles. The van der Waals surface area contributed by atoms with Crippen LogP contribution in [-0.4, -0.2) is 24.5 Å². The van der Waals surface area contributed by atoms with Gasteiger partial charge in [0.2, 0.25) is 5.91 Å². The zero-order chi connectivity index (χ0) is 14.4. The highest BCUT2D eigenvalue weighted by Crippen LogP contribution is 2.27. The van der Waals surface area contributed by atoms with Crippen molar-refractivity contribution in [3.05, 3.63) is 33.9 Å². The maximum Gasteiger partial charge on any atom is 0.311 e. The molecule has 19 heavy (non-hydrogen) atoms. The molecule has 0 fully saturated rings. The molecule has 0 saturated heterocycles. The summed E-state index contributed by atoms with van der Waals surface area (Å²) >= 11 is 0. The Hall–Kier alpha value is -2.15. The van der Waals surface area contributed by atoms with Crippen LogP contribution in [0.5, 0.6) is 5.75 Å². The van der Waals surface area contributed by atoms with Gasteiger partial charge in [-0.25, -0.2) is 0 Å². The lowest BCUT2D eigenvalue weighted by Crippen LogP contribution is -2.32. The number of nitro benzene ring substituents is 1. The molecule has 1 rings (SSSR count). The van der Waals surface area contributed by atoms with Crippen LogP contribution in [0, 0.1) is 16.0 Å². The fourth-order valence-electron chi connectivity index (χ4n) is 1.46. The maximum absolute atomic E-state index is 11.5. The Balaban J connectivity index is 2.78. The Morgan fingerprint density at radius 2 is 2.26 bits per heavy atom. The van der Waals surface area contributed by atoms with Gasteiger partial charge in [-0.15, -0.1) is 0 Å². The van der Waals surface area contributed by atoms with E-state index in [1.807, 2.05) is 0 Å². The molecular weight excluding hydrogens is 250 g/mol. The van der Waals surface area contributed by atoms with Gasteiger partial charge in [0.25, 0.3) is 0 Å². The van der Waals surface area contributed by atoms with Crippen molar-refractivity contribution in [2.24, 2.45) is 11.7 Å². The number of ether oxygens (including phenoxy) is 1. The Labute approximate surface area is 110 Å². The van der Waals surface area contributed by atoms with Crippen molar-refractivity contribution < 1.29 is 14.5 Å². The van der Waals surface area contributed by atoms with Crippen LogP contribution in [0.4, 0.5) is 5.69 Å². The van der Waals surface area contributed by atoms with Crippen molar-refractivity contribution in [2.75, 3.05) is 13.7 Å². The molecule has 1 atom stereocenters. The third-order valence-electron chi connectivity index (χ3n) is 2.71. The Bertz CT molecular complexity index is 476. The number of nitrogens with zero attached hydrogens (tertiary/aromatic N) is 1. The summed E-state index contributed by atoms with van der Waals surface area (Å²) in [5.41, 5.74) is 5.88. The third-order valence-corrected chi connectivity index (χ3v) is 2.71. The van der Waals surface area contributed by atoms with Crippen LogP contribution in [0.15, 0.2) is 18.2 Å². The molecule has 7 heteroatoms. The average Bonchev–Trinajstić information content (AvgIpc) is 2.43. The van der Waals surface area contributed by atoms with Crippen LogP contribution in [0.2, 0.25) is 0 Å². The minimum atomic E-state index is -0.521. The van der Waals surface area contributed by atoms with Gasteiger partial charge in [0.15, 0.2) is 5.75 Å². The van der Waals surface area contributed by atoms with Crippen LogP contribution in [-0.2, 0) is 11.3 Å². The van der Waals surface area contributed by atoms with Gasteiger partial charge in [-0.05, 0) is 11.6 Å². The van der Waals surface area contributed by atoms with Gasteiger partial charge in [0, 0.05) is 25.1 Å². The first kappa shape index (κ1) is 14.9. The van der Waals surface area contributed by atoms with Crippen molar-refractivity contribution in [2.45, 2.75) is 13.5 Å². The first-order chi connectivity index (χ1) is 8.99. The van der Waals surface area contributed by atoms with Crippen LogP contribution in [0.25, 0.3) is 0 Å². The summed E-state index contributed by atoms with van der Waals surface area (Å²) in [5, 5.41) is 13.5. The van der Waals surface area contributed by atoms with Gasteiger partial charge in [0.1, 0.15) is 0 Å². The Morgan fingerprint density at radius 3 is 2.79 bits per heavy atom. The zero-order valence-corrected chi connectivity index (χ0v) is 10.9. The van der Waals surface area contributed by atoms with Gasteiger partial charge in [0.05, 0.1) is 12.0 Å². The number of carbonyl (C=O) groups is 1. The highest BCUT2D eigenvalue weighted by molar-refractivity contribution is 5.78. The summed E-state index contributed by atoms with van der Waals surface area (Å²) in [5.74, 6) is -0.274. The minimum Gasteiger partial charge on any atom is -0.490 e. The molecule has 1 amide bonds. The van der Waals surface area contributed by atoms with Gasteiger partial charge < -0.3 is 15.8 Å². The summed E-state index contributed by atoms with van der Waals surface area (Å²) in [6.45, 7) is 2.19. The molecule has 0 aliphatic carbocycles. The molecule has 1 unspecified atom stereocenters. The second-order valence-corrected chi connectivity index (χ2v) is 4.12. The van der Waals surface area contributed by atoms with Crippen molar-refractivity contribution in [1.82, 2.24) is 5.32 Å². The predicted molar refractivity (Wildman–Crippen MR) is 69.7 cm³/mol. The van der Waals surface area contributed by atoms with E-state index in [1.165, 1.54) is 19.2 Å². The molecule has 7 nitrogen and oxygen atoms in total. The van der Waals surface area contributed by atoms with Crippen molar-refractivity contribution in [3.8, 4) is 5.75 Å². The van der Waals surface area contributed by atoms with Gasteiger partial charge >= 0.3 is 5.69 Å². The lowest BCUT2D eigenvalue weighted by molar-refractivity contribution is -0.385. The van der Waals surface area contributed by atoms with Gasteiger partial charge in [-0.3, -0.25) is 14.9 Å². The molecule has 1 aromatic carbocycles. The summed E-state index contributed by atoms with van der Waals surface area (Å²) in [4.78, 5) is 21.9. The van der Waals surface area contributed by atoms with E-state index < -0.39 is 4.92 Å². The summed E-state index contributed by atoms with van der Waals surface area (Å²) in [7, 11) is 1.37. The summed E-state index contributed by atoms with van der Waals surface area (Å²) in [6, 6.07) is 4.55. The van der Waals surface area contributed by atoms with E-state index in [9.17, 15) is 14.9 Å². The first-order valence-corrected chi connectivity index (χ1v) is 5.78. The van der Waals surface area contributed by atoms with E-state index in [1.54, 1.807) is 13.0 Å². The number of benzene rings is 1. The second kappa shape index (κ2) is 6.69. The molecule has 0 aromatic heterocycles. The highest BCUT2D eigenvalue weighted by Gasteiger charge is 2.16. The monoisotopic (exact) mass is 267 g/mol. The molecule has 0 aliphatic heterocycles. The number of rotatable bonds is 6. The van der Waals surface area contributed by atoms with E-state index in [0.29, 0.717) is 5.56 Å². The average molecular weight is 267 g/mol. The largest absolute Gasteiger partial charge is 0.490 e. The van der Waals surface area contributed by atoms with Crippen molar-refractivity contribution in [1.29, 1.82) is 0 Å². The minimum absolute atomic E-state index is 0.124. The molecule has 0 radical (unpaired) electrons. The maximum atomic E-state index is 11.5. The molecule has 0 spiro atoms. The van der Waals surface area contributed by atoms with Crippen molar-refractivity contribution >= 4 is 11.6 Å². The lowest BCUT2D eigenvalue weighted by atomic mass is 10.1. The highest BCUT2D eigenvalue weighted by atomic mass is 16.6. The third kappa shape index (κ3) is 3.92. The fourth-order valence-corrected chi connectivity index (χ4v) is 1.46. The number of hydrogen-bond donors (Lipinski definition) is 2. The molecule has 0 heterocycles. The zero-order valence-electron chi connectivity index (χ0n) is 10.9. The number of amides is 1. The van der Waals surface area contributed by atoms with Crippen molar-refractivity contribution in [3.63, 3.8) is 0 Å². The molecule has 1 aromatic rings. The van der Waals surface area contributed by atoms with E-state index in [0.717, 1.165) is 0 Å². The van der Waals surface area contributed by atoms with Crippen LogP contribution in [0.1, 0.15) is 12.5 Å². The normalized spacial score (nSPS) is 11.7. The molecule has 0 aliphatic rings. The number of methoxy groups -OCH3 is 1. The van der Waals surface area contributed by atoms with E-state index in [4.69, 9.17) is 10.5 Å². The number of nitro groups is 1. The number of nitrogens with one attached hydrogen (secondary N) is 1. The van der Waals surface area contributed by atoms with Crippen LogP contribution in [0.3, 0.4) is 0 Å². The topological polar surface area (TPSA) is 107 Å². The second-order valence-electron chi connectivity index (χ2n) is 4.12. The predicted octanol–water partition coefficient (Wildman–Crippen LogP) is 0.814. The molecular formula is C12H17N3O4. The first-order valence-electron chi connectivity index (χ1n) is 5.78. The van der Waals surface area contributed by atoms with Crippen LogP contribution < -0.4 is 15.8 Å². The standard InChI is InChI=1S/C12H17N3O4/c1-8(6-13)12(16)14-7-9-3-4-11(19-2)10(5-9)15(17)18/h3-5,8H,6-7,13H2,1-2H3,(H,14,16). The molecule has 104 valence electrons. The number of hydrogen-bond acceptors (Lipinski definition) is 5. The van der Waals surface area contributed by atoms with E-state index in [2.05, 4.69) is 5.32 Å². The smallest absolute Gasteiger partial charge is 0.311 e. The fraction of sp³-hybridized carbons (Fsp3) is 0.417. The van der Waals surface area contributed by atoms with Gasteiger partial charge in [-0.1, -0.05) is 13.0 Å². The lowest BCUT2D eigenvalue weighted by Gasteiger charge is -2.10. The number of carbonyl (C=O) groups excluding carboxylic acids is 1. The van der Waals surface area contributed by atoms with E-state index >= 15 is 0 Å². The molecule has 3 N–H and O–H groups in total. The Morgan fingerprint density at radius 1 is 1.58 bits per heavy atom. The summed E-state index contributed by atoms with van der Waals surface area (Å²) in [6.07, 6.45) is 0. The Kier molecular flexibility index (Phi) is 5.25.